The molecule has 5 rings (SSSR count). The molecular formula is C15H22. The van der Waals surface area contributed by atoms with Crippen LogP contribution in [0.15, 0.2) is 0 Å². The van der Waals surface area contributed by atoms with E-state index in [0.29, 0.717) is 0 Å². The van der Waals surface area contributed by atoms with E-state index in [9.17, 15) is 0 Å². The van der Waals surface area contributed by atoms with Crippen molar-refractivity contribution in [1.82, 2.24) is 0 Å². The topological polar surface area (TPSA) is 0 Å². The highest BCUT2D eigenvalue weighted by atomic mass is 14.9. The van der Waals surface area contributed by atoms with Crippen molar-refractivity contribution in [2.45, 2.75) is 51.9 Å². The summed E-state index contributed by atoms with van der Waals surface area (Å²) in [4.78, 5) is 0. The van der Waals surface area contributed by atoms with E-state index in [1.54, 1.807) is 38.5 Å². The van der Waals surface area contributed by atoms with Gasteiger partial charge in [-0.1, -0.05) is 13.3 Å². The van der Waals surface area contributed by atoms with Crippen LogP contribution in [0.5, 0.6) is 0 Å². The van der Waals surface area contributed by atoms with Gasteiger partial charge in [0.2, 0.25) is 0 Å². The van der Waals surface area contributed by atoms with Crippen molar-refractivity contribution in [3.05, 3.63) is 0 Å². The number of rotatable bonds is 1. The van der Waals surface area contributed by atoms with Gasteiger partial charge in [0.05, 0.1) is 0 Å². The van der Waals surface area contributed by atoms with Gasteiger partial charge in [-0.15, -0.1) is 0 Å². The van der Waals surface area contributed by atoms with Crippen LogP contribution < -0.4 is 0 Å². The molecule has 5 saturated carbocycles. The molecule has 0 aromatic rings. The molecule has 82 valence electrons. The molecule has 0 nitrogen and oxygen atoms in total. The Labute approximate surface area is 92.8 Å². The first-order valence-electron chi connectivity index (χ1n) is 7.32. The van der Waals surface area contributed by atoms with Gasteiger partial charge in [0.25, 0.3) is 0 Å². The Morgan fingerprint density at radius 3 is 2.33 bits per heavy atom. The second kappa shape index (κ2) is 2.05. The summed E-state index contributed by atoms with van der Waals surface area (Å²) in [5.41, 5.74) is 1.86. The second-order valence-electron chi connectivity index (χ2n) is 7.45. The fourth-order valence-corrected chi connectivity index (χ4v) is 6.88. The minimum absolute atomic E-state index is 0.921. The largest absolute Gasteiger partial charge is 0.0651 e. The molecule has 0 radical (unpaired) electrons. The lowest BCUT2D eigenvalue weighted by Gasteiger charge is -2.63. The van der Waals surface area contributed by atoms with Gasteiger partial charge in [0.15, 0.2) is 0 Å². The third-order valence-corrected chi connectivity index (χ3v) is 7.52. The van der Waals surface area contributed by atoms with Crippen molar-refractivity contribution in [3.63, 3.8) is 0 Å². The lowest BCUT2D eigenvalue weighted by atomic mass is 9.41. The van der Waals surface area contributed by atoms with Crippen LogP contribution >= 0.6 is 0 Å². The predicted molar refractivity (Wildman–Crippen MR) is 60.3 cm³/mol. The third-order valence-electron chi connectivity index (χ3n) is 7.52. The van der Waals surface area contributed by atoms with E-state index >= 15 is 0 Å². The zero-order valence-electron chi connectivity index (χ0n) is 9.84. The minimum Gasteiger partial charge on any atom is -0.0651 e. The molecule has 7 atom stereocenters. The molecule has 5 fully saturated rings. The van der Waals surface area contributed by atoms with Gasteiger partial charge in [0.1, 0.15) is 0 Å². The predicted octanol–water partition coefficient (Wildman–Crippen LogP) is 3.86. The van der Waals surface area contributed by atoms with Crippen LogP contribution in [-0.4, -0.2) is 0 Å². The summed E-state index contributed by atoms with van der Waals surface area (Å²) in [5, 5.41) is 0. The zero-order valence-corrected chi connectivity index (χ0v) is 9.84. The molecule has 0 bridgehead atoms. The summed E-state index contributed by atoms with van der Waals surface area (Å²) in [6.45, 7) is 2.46. The Hall–Kier alpha value is 0. The maximum Gasteiger partial charge on any atom is -0.0179 e. The van der Waals surface area contributed by atoms with Crippen molar-refractivity contribution < 1.29 is 0 Å². The lowest BCUT2D eigenvalue weighted by molar-refractivity contribution is -0.150. The maximum atomic E-state index is 2.46. The van der Waals surface area contributed by atoms with E-state index in [2.05, 4.69) is 6.92 Å². The van der Waals surface area contributed by atoms with E-state index in [1.807, 2.05) is 0 Å². The van der Waals surface area contributed by atoms with Crippen LogP contribution in [0.1, 0.15) is 51.9 Å². The highest BCUT2D eigenvalue weighted by Gasteiger charge is 2.82. The van der Waals surface area contributed by atoms with Crippen molar-refractivity contribution in [3.8, 4) is 0 Å². The summed E-state index contributed by atoms with van der Waals surface area (Å²) in [7, 11) is 0. The Morgan fingerprint density at radius 1 is 1.07 bits per heavy atom. The van der Waals surface area contributed by atoms with Gasteiger partial charge in [-0.3, -0.25) is 0 Å². The monoisotopic (exact) mass is 202 g/mol. The highest BCUT2D eigenvalue weighted by Crippen LogP contribution is 2.89. The smallest absolute Gasteiger partial charge is 0.0179 e. The van der Waals surface area contributed by atoms with Crippen LogP contribution in [0.2, 0.25) is 0 Å². The van der Waals surface area contributed by atoms with Crippen LogP contribution in [0.4, 0.5) is 0 Å². The average molecular weight is 202 g/mol. The SMILES string of the molecule is CCC1CCC12C1CC1CC21CC2CC21. The van der Waals surface area contributed by atoms with Crippen molar-refractivity contribution in [1.29, 1.82) is 0 Å². The maximum absolute atomic E-state index is 2.46. The molecule has 0 heterocycles. The molecule has 0 saturated heterocycles. The molecule has 5 aliphatic rings. The first-order valence-corrected chi connectivity index (χ1v) is 7.32. The van der Waals surface area contributed by atoms with Gasteiger partial charge in [-0.25, -0.2) is 0 Å². The highest BCUT2D eigenvalue weighted by molar-refractivity contribution is 5.30. The first-order chi connectivity index (χ1) is 7.32. The fourth-order valence-electron chi connectivity index (χ4n) is 6.88. The van der Waals surface area contributed by atoms with Crippen molar-refractivity contribution in [2.75, 3.05) is 0 Å². The Balaban J connectivity index is 1.61. The summed E-state index contributed by atoms with van der Waals surface area (Å²) in [6, 6.07) is 0. The van der Waals surface area contributed by atoms with E-state index in [1.165, 1.54) is 30.1 Å². The van der Waals surface area contributed by atoms with Crippen LogP contribution in [0, 0.1) is 40.4 Å². The number of hydrogen-bond acceptors (Lipinski definition) is 0. The lowest BCUT2D eigenvalue weighted by Crippen LogP contribution is -2.56. The third kappa shape index (κ3) is 0.620. The molecule has 2 spiro atoms. The summed E-state index contributed by atoms with van der Waals surface area (Å²) < 4.78 is 0. The molecule has 0 aliphatic heterocycles. The zero-order chi connectivity index (χ0) is 9.84. The van der Waals surface area contributed by atoms with Gasteiger partial charge < -0.3 is 0 Å². The number of fused-ring (bicyclic) bond motifs is 5. The molecule has 0 N–H and O–H groups in total. The Morgan fingerprint density at radius 2 is 1.80 bits per heavy atom. The standard InChI is InChI=1S/C15H22/c1-2-11-3-4-15(11)13-6-10(13)8-14(15)7-9-5-12(9)14/h9-13H,2-8H2,1H3. The van der Waals surface area contributed by atoms with E-state index < -0.39 is 0 Å². The van der Waals surface area contributed by atoms with Crippen LogP contribution in [-0.2, 0) is 0 Å². The summed E-state index contributed by atoms with van der Waals surface area (Å²) in [6.07, 6.45) is 11.3. The van der Waals surface area contributed by atoms with Gasteiger partial charge in [-0.2, -0.15) is 0 Å². The minimum atomic E-state index is 0.921. The van der Waals surface area contributed by atoms with Gasteiger partial charge in [-0.05, 0) is 78.9 Å². The summed E-state index contributed by atoms with van der Waals surface area (Å²) in [5.74, 6) is 6.03. The Kier molecular flexibility index (Phi) is 1.11. The van der Waals surface area contributed by atoms with E-state index in [0.717, 1.165) is 16.7 Å². The molecular weight excluding hydrogens is 180 g/mol. The molecule has 5 aliphatic carbocycles. The van der Waals surface area contributed by atoms with Gasteiger partial charge in [0, 0.05) is 0 Å². The normalized spacial score (nSPS) is 72.2. The average Bonchev–Trinajstić information content (AvgIpc) is 3.03. The quantitative estimate of drug-likeness (QED) is 0.605. The second-order valence-corrected chi connectivity index (χ2v) is 7.45. The molecule has 0 amide bonds. The van der Waals surface area contributed by atoms with Crippen molar-refractivity contribution >= 4 is 0 Å². The molecule has 15 heavy (non-hydrogen) atoms. The summed E-state index contributed by atoms with van der Waals surface area (Å²) >= 11 is 0. The Bertz CT molecular complexity index is 344. The van der Waals surface area contributed by atoms with Gasteiger partial charge >= 0.3 is 0 Å². The molecule has 0 aromatic carbocycles. The molecule has 7 unspecified atom stereocenters. The van der Waals surface area contributed by atoms with E-state index in [4.69, 9.17) is 0 Å². The first kappa shape index (κ1) is 8.14. The van der Waals surface area contributed by atoms with Crippen molar-refractivity contribution in [2.24, 2.45) is 40.4 Å². The van der Waals surface area contributed by atoms with Crippen LogP contribution in [0.3, 0.4) is 0 Å². The fraction of sp³-hybridized carbons (Fsp3) is 1.00. The molecule has 0 heteroatoms. The van der Waals surface area contributed by atoms with E-state index in [-0.39, 0.29) is 0 Å². The molecule has 0 aromatic heterocycles. The van der Waals surface area contributed by atoms with Crippen LogP contribution in [0.25, 0.3) is 0 Å². The number of hydrogen-bond donors (Lipinski definition) is 0.